The van der Waals surface area contributed by atoms with Crippen LogP contribution in [0.25, 0.3) is 5.88 Å². The number of nitrogens with zero attached hydrogens (tertiary/aromatic N) is 5. The minimum atomic E-state index is 0.342. The molecule has 0 spiro atoms. The van der Waals surface area contributed by atoms with Gasteiger partial charge in [0.25, 0.3) is 5.88 Å². The molecule has 1 unspecified atom stereocenters. The van der Waals surface area contributed by atoms with Crippen LogP contribution in [0.15, 0.2) is 28.8 Å². The van der Waals surface area contributed by atoms with Gasteiger partial charge in [-0.15, -0.1) is 5.10 Å². The van der Waals surface area contributed by atoms with Gasteiger partial charge in [-0.05, 0) is 48.2 Å². The lowest BCUT2D eigenvalue weighted by molar-refractivity contribution is 0.386. The third-order valence-corrected chi connectivity index (χ3v) is 4.50. The molecular formula is C16H18N6O. The van der Waals surface area contributed by atoms with E-state index >= 15 is 0 Å². The normalized spacial score (nSPS) is 16.7. The molecule has 0 fully saturated rings. The van der Waals surface area contributed by atoms with Gasteiger partial charge in [-0.25, -0.2) is 0 Å². The average Bonchev–Trinajstić information content (AvgIpc) is 3.26. The van der Waals surface area contributed by atoms with Crippen molar-refractivity contribution in [3.63, 3.8) is 0 Å². The molecule has 1 atom stereocenters. The predicted octanol–water partition coefficient (Wildman–Crippen LogP) is 2.04. The Morgan fingerprint density at radius 1 is 1.30 bits per heavy atom. The molecule has 2 heterocycles. The number of tetrazole rings is 1. The number of aromatic nitrogens is 5. The highest BCUT2D eigenvalue weighted by Crippen LogP contribution is 2.30. The minimum absolute atomic E-state index is 0.342. The summed E-state index contributed by atoms with van der Waals surface area (Å²) in [6.45, 7) is 4.43. The van der Waals surface area contributed by atoms with E-state index in [4.69, 9.17) is 4.52 Å². The SMILES string of the molecule is Cc1noc(-n2nnnc2CNC2CCc3ccccc32)c1C. The lowest BCUT2D eigenvalue weighted by atomic mass is 10.1. The van der Waals surface area contributed by atoms with Crippen molar-refractivity contribution in [1.82, 2.24) is 30.7 Å². The van der Waals surface area contributed by atoms with Crippen LogP contribution in [0.1, 0.15) is 40.7 Å². The zero-order valence-corrected chi connectivity index (χ0v) is 13.2. The van der Waals surface area contributed by atoms with Crippen LogP contribution in [-0.4, -0.2) is 25.4 Å². The van der Waals surface area contributed by atoms with Crippen molar-refractivity contribution >= 4 is 0 Å². The second-order valence-electron chi connectivity index (χ2n) is 5.88. The van der Waals surface area contributed by atoms with E-state index < -0.39 is 0 Å². The molecule has 0 saturated heterocycles. The summed E-state index contributed by atoms with van der Waals surface area (Å²) in [5.41, 5.74) is 4.59. The third kappa shape index (κ3) is 2.43. The van der Waals surface area contributed by atoms with Gasteiger partial charge in [-0.2, -0.15) is 4.68 Å². The maximum atomic E-state index is 5.35. The molecule has 0 saturated carbocycles. The lowest BCUT2D eigenvalue weighted by Crippen LogP contribution is -2.21. The van der Waals surface area contributed by atoms with Gasteiger partial charge in [-0.3, -0.25) is 0 Å². The Labute approximate surface area is 133 Å². The zero-order valence-electron chi connectivity index (χ0n) is 13.2. The van der Waals surface area contributed by atoms with Crippen LogP contribution in [0.2, 0.25) is 0 Å². The van der Waals surface area contributed by atoms with Gasteiger partial charge in [0.15, 0.2) is 5.82 Å². The van der Waals surface area contributed by atoms with Crippen molar-refractivity contribution in [2.75, 3.05) is 0 Å². The maximum absolute atomic E-state index is 5.35. The molecule has 7 nitrogen and oxygen atoms in total. The Kier molecular flexibility index (Phi) is 3.42. The molecule has 0 radical (unpaired) electrons. The second-order valence-corrected chi connectivity index (χ2v) is 5.88. The van der Waals surface area contributed by atoms with E-state index in [-0.39, 0.29) is 0 Å². The zero-order chi connectivity index (χ0) is 15.8. The molecule has 0 aliphatic heterocycles. The molecule has 7 heteroatoms. The second kappa shape index (κ2) is 5.58. The number of hydrogen-bond donors (Lipinski definition) is 1. The highest BCUT2D eigenvalue weighted by Gasteiger charge is 2.23. The summed E-state index contributed by atoms with van der Waals surface area (Å²) >= 11 is 0. The third-order valence-electron chi connectivity index (χ3n) is 4.50. The monoisotopic (exact) mass is 310 g/mol. The Balaban J connectivity index is 1.53. The molecule has 1 aliphatic carbocycles. The van der Waals surface area contributed by atoms with Gasteiger partial charge in [0, 0.05) is 11.6 Å². The van der Waals surface area contributed by atoms with E-state index in [1.165, 1.54) is 11.1 Å². The van der Waals surface area contributed by atoms with E-state index in [1.807, 2.05) is 13.8 Å². The van der Waals surface area contributed by atoms with Crippen LogP contribution in [0.5, 0.6) is 0 Å². The largest absolute Gasteiger partial charge is 0.336 e. The molecule has 118 valence electrons. The van der Waals surface area contributed by atoms with E-state index in [0.29, 0.717) is 24.3 Å². The van der Waals surface area contributed by atoms with Gasteiger partial charge >= 0.3 is 0 Å². The summed E-state index contributed by atoms with van der Waals surface area (Å²) in [5.74, 6) is 1.30. The average molecular weight is 310 g/mol. The standard InChI is InChI=1S/C16H18N6O/c1-10-11(2)19-23-16(10)22-15(18-20-21-22)9-17-14-8-7-12-5-3-4-6-13(12)14/h3-6,14,17H,7-9H2,1-2H3. The van der Waals surface area contributed by atoms with Crippen molar-refractivity contribution < 1.29 is 4.52 Å². The number of nitrogens with one attached hydrogen (secondary N) is 1. The minimum Gasteiger partial charge on any atom is -0.336 e. The quantitative estimate of drug-likeness (QED) is 0.794. The van der Waals surface area contributed by atoms with Crippen LogP contribution in [-0.2, 0) is 13.0 Å². The number of rotatable bonds is 4. The molecule has 23 heavy (non-hydrogen) atoms. The van der Waals surface area contributed by atoms with Crippen molar-refractivity contribution in [1.29, 1.82) is 0 Å². The molecule has 1 N–H and O–H groups in total. The first-order valence-corrected chi connectivity index (χ1v) is 7.75. The molecule has 1 aliphatic rings. The molecule has 0 amide bonds. The van der Waals surface area contributed by atoms with Crippen LogP contribution >= 0.6 is 0 Å². The van der Waals surface area contributed by atoms with Gasteiger partial charge in [-0.1, -0.05) is 29.4 Å². The smallest absolute Gasteiger partial charge is 0.257 e. The fourth-order valence-corrected chi connectivity index (χ4v) is 3.06. The topological polar surface area (TPSA) is 81.7 Å². The molecule has 4 rings (SSSR count). The Morgan fingerprint density at radius 3 is 3.00 bits per heavy atom. The number of fused-ring (bicyclic) bond motifs is 1. The van der Waals surface area contributed by atoms with Crippen molar-refractivity contribution in [3.05, 3.63) is 52.5 Å². The van der Waals surface area contributed by atoms with Gasteiger partial charge < -0.3 is 9.84 Å². The summed E-state index contributed by atoms with van der Waals surface area (Å²) in [4.78, 5) is 0. The van der Waals surface area contributed by atoms with E-state index in [9.17, 15) is 0 Å². The summed E-state index contributed by atoms with van der Waals surface area (Å²) in [6.07, 6.45) is 2.21. The van der Waals surface area contributed by atoms with E-state index in [1.54, 1.807) is 4.68 Å². The van der Waals surface area contributed by atoms with E-state index in [2.05, 4.69) is 50.3 Å². The maximum Gasteiger partial charge on any atom is 0.257 e. The Bertz CT molecular complexity index is 837. The number of hydrogen-bond acceptors (Lipinski definition) is 6. The predicted molar refractivity (Wildman–Crippen MR) is 83.0 cm³/mol. The Hall–Kier alpha value is -2.54. The van der Waals surface area contributed by atoms with E-state index in [0.717, 1.165) is 24.1 Å². The first-order valence-electron chi connectivity index (χ1n) is 7.75. The van der Waals surface area contributed by atoms with Crippen molar-refractivity contribution in [2.24, 2.45) is 0 Å². The van der Waals surface area contributed by atoms with Crippen LogP contribution < -0.4 is 5.32 Å². The Morgan fingerprint density at radius 2 is 2.17 bits per heavy atom. The van der Waals surface area contributed by atoms with Gasteiger partial charge in [0.1, 0.15) is 0 Å². The lowest BCUT2D eigenvalue weighted by Gasteiger charge is -2.13. The number of aryl methyl sites for hydroxylation is 2. The fourth-order valence-electron chi connectivity index (χ4n) is 3.06. The summed E-state index contributed by atoms with van der Waals surface area (Å²) in [5, 5.41) is 19.4. The summed E-state index contributed by atoms with van der Waals surface area (Å²) < 4.78 is 6.97. The van der Waals surface area contributed by atoms with Crippen molar-refractivity contribution in [2.45, 2.75) is 39.3 Å². The fraction of sp³-hybridized carbons (Fsp3) is 0.375. The van der Waals surface area contributed by atoms with Gasteiger partial charge in [0.05, 0.1) is 12.2 Å². The molecule has 2 aromatic heterocycles. The van der Waals surface area contributed by atoms with Crippen molar-refractivity contribution in [3.8, 4) is 5.88 Å². The van der Waals surface area contributed by atoms with Gasteiger partial charge in [0.2, 0.25) is 0 Å². The highest BCUT2D eigenvalue weighted by atomic mass is 16.5. The number of benzene rings is 1. The molecular weight excluding hydrogens is 292 g/mol. The van der Waals surface area contributed by atoms with Crippen LogP contribution in [0, 0.1) is 13.8 Å². The molecule has 0 bridgehead atoms. The first-order chi connectivity index (χ1) is 11.2. The summed E-state index contributed by atoms with van der Waals surface area (Å²) in [7, 11) is 0. The molecule has 1 aromatic carbocycles. The van der Waals surface area contributed by atoms with Crippen LogP contribution in [0.4, 0.5) is 0 Å². The summed E-state index contributed by atoms with van der Waals surface area (Å²) in [6, 6.07) is 8.91. The molecule has 3 aromatic rings. The first kappa shape index (κ1) is 14.1. The van der Waals surface area contributed by atoms with Crippen LogP contribution in [0.3, 0.4) is 0 Å². The highest BCUT2D eigenvalue weighted by molar-refractivity contribution is 5.34.